The fourth-order valence-corrected chi connectivity index (χ4v) is 3.43. The number of amides is 2. The van der Waals surface area contributed by atoms with Crippen molar-refractivity contribution in [2.45, 2.75) is 46.1 Å². The monoisotopic (exact) mass is 412 g/mol. The van der Waals surface area contributed by atoms with E-state index >= 15 is 0 Å². The van der Waals surface area contributed by atoms with Crippen LogP contribution in [0.25, 0.3) is 0 Å². The van der Waals surface area contributed by atoms with Crippen LogP contribution in [0.4, 0.5) is 17.3 Å². The number of rotatable bonds is 7. The molecule has 0 bridgehead atoms. The van der Waals surface area contributed by atoms with Gasteiger partial charge in [0, 0.05) is 11.8 Å². The van der Waals surface area contributed by atoms with Gasteiger partial charge in [-0.05, 0) is 46.4 Å². The summed E-state index contributed by atoms with van der Waals surface area (Å²) >= 11 is 0. The maximum atomic E-state index is 12.9. The molecular formula is C21H24N4O5. The first kappa shape index (κ1) is 21.2. The lowest BCUT2D eigenvalue weighted by Gasteiger charge is -2.30. The first-order valence-electron chi connectivity index (χ1n) is 9.93. The summed E-state index contributed by atoms with van der Waals surface area (Å²) in [7, 11) is 0. The van der Waals surface area contributed by atoms with Crippen molar-refractivity contribution in [1.82, 2.24) is 4.98 Å². The summed E-state index contributed by atoms with van der Waals surface area (Å²) in [6.45, 7) is 5.47. The highest BCUT2D eigenvalue weighted by Crippen LogP contribution is 2.34. The number of aromatic nitrogens is 1. The number of nitro groups is 1. The average Bonchev–Trinajstić information content (AvgIpc) is 2.75. The van der Waals surface area contributed by atoms with Crippen LogP contribution < -0.4 is 15.0 Å². The molecule has 158 valence electrons. The van der Waals surface area contributed by atoms with E-state index in [1.807, 2.05) is 32.0 Å². The minimum absolute atomic E-state index is 0.0199. The second-order valence-electron chi connectivity index (χ2n) is 6.89. The number of benzene rings is 1. The number of hydrogen-bond donors (Lipinski definition) is 1. The van der Waals surface area contributed by atoms with Crippen molar-refractivity contribution in [3.8, 4) is 5.75 Å². The zero-order valence-electron chi connectivity index (χ0n) is 17.2. The maximum Gasteiger partial charge on any atom is 0.366 e. The minimum atomic E-state index is -0.775. The standard InChI is InChI=1S/C21H24N4O5/c1-4-13-8-7-9-14(5-2)19(13)23-18(26)12-24-20-16(30-15(6-3)21(24)27)10-11-17(22-20)25(28)29/h7-11,15H,4-6,12H2,1-3H3,(H,23,26). The third kappa shape index (κ3) is 4.10. The summed E-state index contributed by atoms with van der Waals surface area (Å²) in [5, 5.41) is 14.0. The molecule has 9 heteroatoms. The van der Waals surface area contributed by atoms with Crippen LogP contribution in [0.1, 0.15) is 38.3 Å². The molecule has 0 radical (unpaired) electrons. The molecule has 1 unspecified atom stereocenters. The van der Waals surface area contributed by atoms with Crippen LogP contribution in [0.2, 0.25) is 0 Å². The molecule has 0 fully saturated rings. The predicted octanol–water partition coefficient (Wildman–Crippen LogP) is 3.26. The first-order valence-corrected chi connectivity index (χ1v) is 9.93. The zero-order valence-corrected chi connectivity index (χ0v) is 17.2. The maximum absolute atomic E-state index is 12.9. The topological polar surface area (TPSA) is 115 Å². The third-order valence-corrected chi connectivity index (χ3v) is 5.01. The van der Waals surface area contributed by atoms with Gasteiger partial charge in [-0.2, -0.15) is 0 Å². The zero-order chi connectivity index (χ0) is 21.8. The van der Waals surface area contributed by atoms with Crippen molar-refractivity contribution in [3.05, 3.63) is 51.6 Å². The van der Waals surface area contributed by atoms with Gasteiger partial charge in [-0.15, -0.1) is 0 Å². The second kappa shape index (κ2) is 8.89. The quantitative estimate of drug-likeness (QED) is 0.551. The Morgan fingerprint density at radius 2 is 1.87 bits per heavy atom. The fraction of sp³-hybridized carbons (Fsp3) is 0.381. The molecule has 3 rings (SSSR count). The Balaban J connectivity index is 1.92. The summed E-state index contributed by atoms with van der Waals surface area (Å²) in [5.41, 5.74) is 2.74. The van der Waals surface area contributed by atoms with Gasteiger partial charge in [0.1, 0.15) is 6.54 Å². The first-order chi connectivity index (χ1) is 14.4. The number of ether oxygens (including phenoxy) is 1. The van der Waals surface area contributed by atoms with E-state index in [-0.39, 0.29) is 18.1 Å². The minimum Gasteiger partial charge on any atom is -0.474 e. The lowest BCUT2D eigenvalue weighted by molar-refractivity contribution is -0.389. The van der Waals surface area contributed by atoms with Crippen LogP contribution in [0, 0.1) is 10.1 Å². The van der Waals surface area contributed by atoms with Gasteiger partial charge in [-0.1, -0.05) is 39.0 Å². The summed E-state index contributed by atoms with van der Waals surface area (Å²) in [5.74, 6) is -1.06. The van der Waals surface area contributed by atoms with E-state index in [1.54, 1.807) is 6.92 Å². The molecule has 2 heterocycles. The highest BCUT2D eigenvalue weighted by molar-refractivity contribution is 6.06. The number of aryl methyl sites for hydroxylation is 2. The van der Waals surface area contributed by atoms with Crippen molar-refractivity contribution < 1.29 is 19.2 Å². The van der Waals surface area contributed by atoms with E-state index in [2.05, 4.69) is 10.3 Å². The number of nitrogens with zero attached hydrogens (tertiary/aromatic N) is 3. The molecule has 2 amide bonds. The molecule has 0 aliphatic carbocycles. The Morgan fingerprint density at radius 3 is 2.43 bits per heavy atom. The molecule has 0 spiro atoms. The second-order valence-corrected chi connectivity index (χ2v) is 6.89. The highest BCUT2D eigenvalue weighted by atomic mass is 16.6. The number of carbonyl (C=O) groups is 2. The molecule has 1 aliphatic heterocycles. The largest absolute Gasteiger partial charge is 0.474 e. The lowest BCUT2D eigenvalue weighted by Crippen LogP contribution is -2.49. The van der Waals surface area contributed by atoms with Crippen LogP contribution in [-0.2, 0) is 22.4 Å². The van der Waals surface area contributed by atoms with Crippen LogP contribution in [-0.4, -0.2) is 34.4 Å². The Hall–Kier alpha value is -3.49. The van der Waals surface area contributed by atoms with Crippen molar-refractivity contribution in [2.75, 3.05) is 16.8 Å². The molecule has 1 atom stereocenters. The fourth-order valence-electron chi connectivity index (χ4n) is 3.43. The Labute approximate surface area is 174 Å². The van der Waals surface area contributed by atoms with Gasteiger partial charge in [0.15, 0.2) is 11.9 Å². The number of hydrogen-bond acceptors (Lipinski definition) is 6. The molecular weight excluding hydrogens is 388 g/mol. The van der Waals surface area contributed by atoms with Gasteiger partial charge in [-0.3, -0.25) is 14.5 Å². The highest BCUT2D eigenvalue weighted by Gasteiger charge is 2.39. The number of carbonyl (C=O) groups excluding carboxylic acids is 2. The summed E-state index contributed by atoms with van der Waals surface area (Å²) < 4.78 is 5.62. The molecule has 1 aromatic heterocycles. The van der Waals surface area contributed by atoms with Crippen LogP contribution in [0.15, 0.2) is 30.3 Å². The number of fused-ring (bicyclic) bond motifs is 1. The van der Waals surface area contributed by atoms with E-state index in [1.165, 1.54) is 12.1 Å². The van der Waals surface area contributed by atoms with Gasteiger partial charge in [0.25, 0.3) is 11.7 Å². The van der Waals surface area contributed by atoms with Crippen LogP contribution in [0.3, 0.4) is 0 Å². The molecule has 1 aliphatic rings. The van der Waals surface area contributed by atoms with E-state index < -0.39 is 28.7 Å². The third-order valence-electron chi connectivity index (χ3n) is 5.01. The Bertz CT molecular complexity index is 969. The summed E-state index contributed by atoms with van der Waals surface area (Å²) in [6.07, 6.45) is 1.11. The average molecular weight is 412 g/mol. The predicted molar refractivity (Wildman–Crippen MR) is 112 cm³/mol. The van der Waals surface area contributed by atoms with Gasteiger partial charge in [-0.25, -0.2) is 0 Å². The molecule has 2 aromatic rings. The smallest absolute Gasteiger partial charge is 0.366 e. The molecule has 30 heavy (non-hydrogen) atoms. The normalized spacial score (nSPS) is 15.4. The Morgan fingerprint density at radius 1 is 1.20 bits per heavy atom. The molecule has 0 saturated heterocycles. The van der Waals surface area contributed by atoms with Gasteiger partial charge in [0.05, 0.1) is 0 Å². The number of para-hydroxylation sites is 1. The SMILES string of the molecule is CCc1cccc(CC)c1NC(=O)CN1C(=O)C(CC)Oc2ccc([N+](=O)[O-])nc21. The van der Waals surface area contributed by atoms with E-state index in [4.69, 9.17) is 4.74 Å². The van der Waals surface area contributed by atoms with Crippen LogP contribution >= 0.6 is 0 Å². The number of anilines is 2. The number of pyridine rings is 1. The van der Waals surface area contributed by atoms with E-state index in [0.717, 1.165) is 34.6 Å². The van der Waals surface area contributed by atoms with Crippen molar-refractivity contribution in [3.63, 3.8) is 0 Å². The summed E-state index contributed by atoms with van der Waals surface area (Å²) in [4.78, 5) is 41.3. The molecule has 1 N–H and O–H groups in total. The lowest BCUT2D eigenvalue weighted by atomic mass is 10.0. The van der Waals surface area contributed by atoms with Crippen LogP contribution in [0.5, 0.6) is 5.75 Å². The van der Waals surface area contributed by atoms with Crippen molar-refractivity contribution in [1.29, 1.82) is 0 Å². The Kier molecular flexibility index (Phi) is 6.29. The molecule has 1 aromatic carbocycles. The van der Waals surface area contributed by atoms with E-state index in [0.29, 0.717) is 6.42 Å². The van der Waals surface area contributed by atoms with E-state index in [9.17, 15) is 19.7 Å². The van der Waals surface area contributed by atoms with Crippen molar-refractivity contribution >= 4 is 29.1 Å². The molecule has 0 saturated carbocycles. The van der Waals surface area contributed by atoms with Gasteiger partial charge >= 0.3 is 5.82 Å². The van der Waals surface area contributed by atoms with Crippen molar-refractivity contribution in [2.24, 2.45) is 0 Å². The molecule has 9 nitrogen and oxygen atoms in total. The van der Waals surface area contributed by atoms with Gasteiger partial charge in [0.2, 0.25) is 5.91 Å². The number of nitrogens with one attached hydrogen (secondary N) is 1. The van der Waals surface area contributed by atoms with Gasteiger partial charge < -0.3 is 20.2 Å². The summed E-state index contributed by atoms with van der Waals surface area (Å²) in [6, 6.07) is 8.46.